The van der Waals surface area contributed by atoms with E-state index in [-0.39, 0.29) is 17.8 Å². The van der Waals surface area contributed by atoms with Crippen LogP contribution >= 0.6 is 0 Å². The summed E-state index contributed by atoms with van der Waals surface area (Å²) < 4.78 is 24.3. The molecule has 5 heteroatoms. The first-order chi connectivity index (χ1) is 12.0. The number of ether oxygens (including phenoxy) is 2. The number of carbonyl (C=O) groups is 1. The minimum Gasteiger partial charge on any atom is -0.496 e. The van der Waals surface area contributed by atoms with Crippen molar-refractivity contribution in [3.8, 4) is 11.5 Å². The number of amides is 1. The molecule has 1 aliphatic rings. The molecule has 0 saturated heterocycles. The molecule has 0 radical (unpaired) electrons. The highest BCUT2D eigenvalue weighted by molar-refractivity contribution is 6.02. The monoisotopic (exact) mass is 341 g/mol. The highest BCUT2D eigenvalue weighted by Gasteiger charge is 2.21. The zero-order valence-electron chi connectivity index (χ0n) is 14.4. The van der Waals surface area contributed by atoms with Gasteiger partial charge in [-0.05, 0) is 55.8 Å². The minimum atomic E-state index is -0.330. The topological polar surface area (TPSA) is 47.6 Å². The molecular formula is C20H20FNO3. The van der Waals surface area contributed by atoms with Crippen LogP contribution in [0.1, 0.15) is 23.6 Å². The van der Waals surface area contributed by atoms with Crippen LogP contribution in [-0.4, -0.2) is 19.1 Å². The zero-order chi connectivity index (χ0) is 18.0. The maximum absolute atomic E-state index is 13.1. The van der Waals surface area contributed by atoms with E-state index in [1.807, 2.05) is 19.1 Å². The minimum absolute atomic E-state index is 0.142. The van der Waals surface area contributed by atoms with Crippen LogP contribution in [0, 0.1) is 12.7 Å². The van der Waals surface area contributed by atoms with Gasteiger partial charge in [-0.25, -0.2) is 4.39 Å². The lowest BCUT2D eigenvalue weighted by molar-refractivity contribution is -0.111. The van der Waals surface area contributed by atoms with Crippen LogP contribution < -0.4 is 14.8 Å². The Labute approximate surface area is 146 Å². The van der Waals surface area contributed by atoms with Crippen molar-refractivity contribution < 1.29 is 18.7 Å². The van der Waals surface area contributed by atoms with Crippen LogP contribution in [0.5, 0.6) is 11.5 Å². The fourth-order valence-electron chi connectivity index (χ4n) is 2.87. The van der Waals surface area contributed by atoms with Crippen molar-refractivity contribution in [2.24, 2.45) is 0 Å². The largest absolute Gasteiger partial charge is 0.496 e. The Morgan fingerprint density at radius 1 is 1.36 bits per heavy atom. The van der Waals surface area contributed by atoms with Crippen molar-refractivity contribution in [1.82, 2.24) is 0 Å². The Balaban J connectivity index is 1.77. The van der Waals surface area contributed by atoms with Gasteiger partial charge in [0, 0.05) is 29.3 Å². The second-order valence-electron chi connectivity index (χ2n) is 6.12. The summed E-state index contributed by atoms with van der Waals surface area (Å²) in [5, 5.41) is 2.74. The summed E-state index contributed by atoms with van der Waals surface area (Å²) >= 11 is 0. The van der Waals surface area contributed by atoms with E-state index in [2.05, 4.69) is 5.32 Å². The highest BCUT2D eigenvalue weighted by atomic mass is 19.1. The van der Waals surface area contributed by atoms with Gasteiger partial charge in [-0.15, -0.1) is 0 Å². The summed E-state index contributed by atoms with van der Waals surface area (Å²) in [4.78, 5) is 12.1. The number of carbonyl (C=O) groups excluding carboxylic acids is 1. The normalized spacial score (nSPS) is 15.8. The van der Waals surface area contributed by atoms with Crippen molar-refractivity contribution in [3.63, 3.8) is 0 Å². The lowest BCUT2D eigenvalue weighted by atomic mass is 10.1. The molecule has 25 heavy (non-hydrogen) atoms. The first-order valence-corrected chi connectivity index (χ1v) is 8.09. The Morgan fingerprint density at radius 2 is 2.16 bits per heavy atom. The second-order valence-corrected chi connectivity index (χ2v) is 6.12. The van der Waals surface area contributed by atoms with Gasteiger partial charge in [0.05, 0.1) is 7.11 Å². The van der Waals surface area contributed by atoms with E-state index < -0.39 is 0 Å². The Bertz CT molecular complexity index is 845. The first-order valence-electron chi connectivity index (χ1n) is 8.09. The van der Waals surface area contributed by atoms with Gasteiger partial charge < -0.3 is 14.8 Å². The van der Waals surface area contributed by atoms with E-state index in [0.717, 1.165) is 23.3 Å². The molecule has 1 unspecified atom stereocenters. The molecule has 2 aromatic carbocycles. The van der Waals surface area contributed by atoms with Crippen LogP contribution in [0.2, 0.25) is 0 Å². The number of benzene rings is 2. The second kappa shape index (κ2) is 6.97. The number of fused-ring (bicyclic) bond motifs is 1. The van der Waals surface area contributed by atoms with Crippen molar-refractivity contribution >= 4 is 17.7 Å². The Hall–Kier alpha value is -2.82. The lowest BCUT2D eigenvalue weighted by Gasteiger charge is -2.09. The summed E-state index contributed by atoms with van der Waals surface area (Å²) in [5.74, 6) is 0.885. The SMILES string of the molecule is COc1cc2c(cc1C=CC(=O)Nc1ccc(F)cc1C)OC(C)C2. The molecule has 0 aliphatic carbocycles. The van der Waals surface area contributed by atoms with E-state index >= 15 is 0 Å². The molecule has 3 rings (SSSR count). The maximum Gasteiger partial charge on any atom is 0.248 e. The number of anilines is 1. The van der Waals surface area contributed by atoms with Crippen LogP contribution in [0.3, 0.4) is 0 Å². The molecule has 0 fully saturated rings. The summed E-state index contributed by atoms with van der Waals surface area (Å²) in [7, 11) is 1.60. The smallest absolute Gasteiger partial charge is 0.248 e. The van der Waals surface area contributed by atoms with Gasteiger partial charge in [0.15, 0.2) is 0 Å². The summed E-state index contributed by atoms with van der Waals surface area (Å²) in [6.45, 7) is 3.75. The van der Waals surface area contributed by atoms with Gasteiger partial charge in [-0.1, -0.05) is 0 Å². The van der Waals surface area contributed by atoms with Gasteiger partial charge in [-0.3, -0.25) is 4.79 Å². The van der Waals surface area contributed by atoms with E-state index in [4.69, 9.17) is 9.47 Å². The number of halogens is 1. The third kappa shape index (κ3) is 3.82. The van der Waals surface area contributed by atoms with E-state index in [1.165, 1.54) is 18.2 Å². The van der Waals surface area contributed by atoms with Gasteiger partial charge in [0.25, 0.3) is 0 Å². The van der Waals surface area contributed by atoms with E-state index in [1.54, 1.807) is 26.2 Å². The number of nitrogens with one attached hydrogen (secondary N) is 1. The third-order valence-corrected chi connectivity index (χ3v) is 4.11. The molecule has 0 bridgehead atoms. The van der Waals surface area contributed by atoms with Gasteiger partial charge in [0.1, 0.15) is 23.4 Å². The standard InChI is InChI=1S/C20H20FNO3/c1-12-8-16(21)5-6-17(12)22-20(23)7-4-14-10-19-15(9-13(2)25-19)11-18(14)24-3/h4-8,10-11,13H,9H2,1-3H3,(H,22,23). The number of rotatable bonds is 4. The average Bonchev–Trinajstić information content (AvgIpc) is 2.93. The number of hydrogen-bond acceptors (Lipinski definition) is 3. The molecule has 1 amide bonds. The predicted octanol–water partition coefficient (Wildman–Crippen LogP) is 4.12. The van der Waals surface area contributed by atoms with Gasteiger partial charge >= 0.3 is 0 Å². The van der Waals surface area contributed by atoms with Gasteiger partial charge in [-0.2, -0.15) is 0 Å². The molecular weight excluding hydrogens is 321 g/mol. The van der Waals surface area contributed by atoms with E-state index in [0.29, 0.717) is 17.0 Å². The van der Waals surface area contributed by atoms with Crippen LogP contribution in [-0.2, 0) is 11.2 Å². The Morgan fingerprint density at radius 3 is 2.88 bits per heavy atom. The zero-order valence-corrected chi connectivity index (χ0v) is 14.4. The molecule has 0 aromatic heterocycles. The molecule has 1 atom stereocenters. The number of aryl methyl sites for hydroxylation is 1. The third-order valence-electron chi connectivity index (χ3n) is 4.11. The molecule has 1 N–H and O–H groups in total. The summed E-state index contributed by atoms with van der Waals surface area (Å²) in [6.07, 6.45) is 4.09. The van der Waals surface area contributed by atoms with E-state index in [9.17, 15) is 9.18 Å². The predicted molar refractivity (Wildman–Crippen MR) is 95.6 cm³/mol. The highest BCUT2D eigenvalue weighted by Crippen LogP contribution is 2.35. The molecule has 130 valence electrons. The summed E-state index contributed by atoms with van der Waals surface area (Å²) in [6, 6.07) is 8.06. The van der Waals surface area contributed by atoms with Crippen molar-refractivity contribution in [2.75, 3.05) is 12.4 Å². The quantitative estimate of drug-likeness (QED) is 0.851. The fourth-order valence-corrected chi connectivity index (χ4v) is 2.87. The van der Waals surface area contributed by atoms with Crippen molar-refractivity contribution in [1.29, 1.82) is 0 Å². The van der Waals surface area contributed by atoms with Crippen molar-refractivity contribution in [3.05, 3.63) is 58.9 Å². The molecule has 0 spiro atoms. The number of hydrogen-bond donors (Lipinski definition) is 1. The Kier molecular flexibility index (Phi) is 4.74. The first kappa shape index (κ1) is 17.0. The lowest BCUT2D eigenvalue weighted by Crippen LogP contribution is -2.09. The molecule has 0 saturated carbocycles. The number of methoxy groups -OCH3 is 1. The maximum atomic E-state index is 13.1. The fraction of sp³-hybridized carbons (Fsp3) is 0.250. The van der Waals surface area contributed by atoms with Crippen LogP contribution in [0.15, 0.2) is 36.4 Å². The van der Waals surface area contributed by atoms with Crippen LogP contribution in [0.4, 0.5) is 10.1 Å². The molecule has 2 aromatic rings. The molecule has 1 aliphatic heterocycles. The van der Waals surface area contributed by atoms with Crippen molar-refractivity contribution in [2.45, 2.75) is 26.4 Å². The molecule has 1 heterocycles. The van der Waals surface area contributed by atoms with Gasteiger partial charge in [0.2, 0.25) is 5.91 Å². The summed E-state index contributed by atoms with van der Waals surface area (Å²) in [5.41, 5.74) is 3.11. The van der Waals surface area contributed by atoms with Crippen LogP contribution in [0.25, 0.3) is 6.08 Å². The average molecular weight is 341 g/mol. The molecule has 4 nitrogen and oxygen atoms in total.